The molecule has 3 aromatic heterocycles. The molecule has 1 amide bonds. The van der Waals surface area contributed by atoms with Gasteiger partial charge in [0.15, 0.2) is 11.0 Å². The van der Waals surface area contributed by atoms with Crippen LogP contribution in [0.4, 0.5) is 5.13 Å². The summed E-state index contributed by atoms with van der Waals surface area (Å²) in [4.78, 5) is 12.3. The van der Waals surface area contributed by atoms with E-state index in [1.165, 1.54) is 23.1 Å². The third-order valence-corrected chi connectivity index (χ3v) is 6.52. The quantitative estimate of drug-likeness (QED) is 0.539. The summed E-state index contributed by atoms with van der Waals surface area (Å²) in [5.41, 5.74) is 0.896. The Morgan fingerprint density at radius 1 is 1.38 bits per heavy atom. The molecule has 11 heteroatoms. The van der Waals surface area contributed by atoms with E-state index in [2.05, 4.69) is 25.7 Å². The van der Waals surface area contributed by atoms with Gasteiger partial charge in [0.05, 0.1) is 30.2 Å². The minimum Gasteiger partial charge on any atom is -0.469 e. The van der Waals surface area contributed by atoms with Crippen molar-refractivity contribution in [1.29, 1.82) is 0 Å². The number of carbonyl (C=O) groups excluding carboxylic acids is 1. The lowest BCUT2D eigenvalue weighted by Gasteiger charge is -2.14. The standard InChI is InChI=1S/C18H22N6O3S2/c1-3-15-20-22-17(29-15)19-14(25)10-28-18-23-21-16(13-6-8-26-11(13)2)24(18)9-12-5-4-7-27-12/h6,8,12H,3-5,7,9-10H2,1-2H3,(H,19,22,25). The fourth-order valence-corrected chi connectivity index (χ4v) is 4.54. The first-order valence-electron chi connectivity index (χ1n) is 9.48. The molecule has 1 N–H and O–H groups in total. The van der Waals surface area contributed by atoms with Gasteiger partial charge in [-0.2, -0.15) is 0 Å². The number of carbonyl (C=O) groups is 1. The summed E-state index contributed by atoms with van der Waals surface area (Å²) in [5, 5.41) is 21.6. The largest absolute Gasteiger partial charge is 0.469 e. The predicted octanol–water partition coefficient (Wildman–Crippen LogP) is 3.17. The third-order valence-electron chi connectivity index (χ3n) is 4.57. The number of rotatable bonds is 8. The van der Waals surface area contributed by atoms with Gasteiger partial charge in [-0.3, -0.25) is 14.7 Å². The van der Waals surface area contributed by atoms with Crippen molar-refractivity contribution in [1.82, 2.24) is 25.0 Å². The summed E-state index contributed by atoms with van der Waals surface area (Å²) < 4.78 is 13.3. The van der Waals surface area contributed by atoms with Gasteiger partial charge >= 0.3 is 0 Å². The maximum Gasteiger partial charge on any atom is 0.236 e. The van der Waals surface area contributed by atoms with Gasteiger partial charge in [0.25, 0.3) is 0 Å². The van der Waals surface area contributed by atoms with Crippen LogP contribution in [0.3, 0.4) is 0 Å². The van der Waals surface area contributed by atoms with Gasteiger partial charge < -0.3 is 9.15 Å². The first-order chi connectivity index (χ1) is 14.1. The van der Waals surface area contributed by atoms with Crippen LogP contribution in [0, 0.1) is 6.92 Å². The van der Waals surface area contributed by atoms with Crippen LogP contribution >= 0.6 is 23.1 Å². The van der Waals surface area contributed by atoms with Gasteiger partial charge in [0.1, 0.15) is 10.8 Å². The van der Waals surface area contributed by atoms with E-state index in [-0.39, 0.29) is 17.8 Å². The Balaban J connectivity index is 1.47. The van der Waals surface area contributed by atoms with Crippen molar-refractivity contribution >= 4 is 34.1 Å². The van der Waals surface area contributed by atoms with E-state index in [0.717, 1.165) is 48.0 Å². The molecule has 3 aromatic rings. The van der Waals surface area contributed by atoms with Crippen LogP contribution in [0.5, 0.6) is 0 Å². The lowest BCUT2D eigenvalue weighted by molar-refractivity contribution is -0.113. The molecule has 4 heterocycles. The predicted molar refractivity (Wildman–Crippen MR) is 110 cm³/mol. The minimum absolute atomic E-state index is 0.124. The highest BCUT2D eigenvalue weighted by Crippen LogP contribution is 2.29. The molecule has 1 fully saturated rings. The van der Waals surface area contributed by atoms with Gasteiger partial charge in [0.2, 0.25) is 11.0 Å². The lowest BCUT2D eigenvalue weighted by atomic mass is 10.2. The number of hydrogen-bond acceptors (Lipinski definition) is 9. The Bertz CT molecular complexity index is 976. The van der Waals surface area contributed by atoms with Crippen molar-refractivity contribution in [2.75, 3.05) is 17.7 Å². The molecule has 4 rings (SSSR count). The molecule has 0 aliphatic carbocycles. The Morgan fingerprint density at radius 2 is 2.28 bits per heavy atom. The maximum atomic E-state index is 12.3. The molecule has 29 heavy (non-hydrogen) atoms. The molecule has 0 saturated carbocycles. The average Bonchev–Trinajstić information content (AvgIpc) is 3.49. The van der Waals surface area contributed by atoms with Crippen LogP contribution in [0.1, 0.15) is 30.5 Å². The Hall–Kier alpha value is -2.24. The molecule has 1 unspecified atom stereocenters. The number of furan rings is 1. The minimum atomic E-state index is -0.151. The van der Waals surface area contributed by atoms with Crippen LogP contribution in [-0.2, 0) is 22.5 Å². The van der Waals surface area contributed by atoms with E-state index >= 15 is 0 Å². The summed E-state index contributed by atoms with van der Waals surface area (Å²) in [6.45, 7) is 5.32. The Labute approximate surface area is 176 Å². The highest BCUT2D eigenvalue weighted by Gasteiger charge is 2.23. The monoisotopic (exact) mass is 434 g/mol. The smallest absolute Gasteiger partial charge is 0.236 e. The molecule has 1 aliphatic heterocycles. The number of hydrogen-bond donors (Lipinski definition) is 1. The number of thioether (sulfide) groups is 1. The van der Waals surface area contributed by atoms with Crippen molar-refractivity contribution < 1.29 is 13.9 Å². The highest BCUT2D eigenvalue weighted by atomic mass is 32.2. The van der Waals surface area contributed by atoms with Crippen molar-refractivity contribution in [3.8, 4) is 11.4 Å². The van der Waals surface area contributed by atoms with Crippen LogP contribution < -0.4 is 5.32 Å². The zero-order valence-electron chi connectivity index (χ0n) is 16.3. The molecule has 0 spiro atoms. The molecule has 0 aromatic carbocycles. The molecule has 1 aliphatic rings. The van der Waals surface area contributed by atoms with Crippen molar-refractivity contribution in [2.45, 2.75) is 50.9 Å². The van der Waals surface area contributed by atoms with Gasteiger partial charge in [0, 0.05) is 6.61 Å². The summed E-state index contributed by atoms with van der Waals surface area (Å²) in [7, 11) is 0. The molecule has 1 saturated heterocycles. The van der Waals surface area contributed by atoms with Gasteiger partial charge in [-0.15, -0.1) is 20.4 Å². The second-order valence-corrected chi connectivity index (χ2v) is 8.64. The molecule has 0 radical (unpaired) electrons. The van der Waals surface area contributed by atoms with Crippen molar-refractivity contribution in [3.05, 3.63) is 23.1 Å². The summed E-state index contributed by atoms with van der Waals surface area (Å²) in [6.07, 6.45) is 4.62. The zero-order valence-corrected chi connectivity index (χ0v) is 17.9. The van der Waals surface area contributed by atoms with Crippen LogP contribution in [0.15, 0.2) is 21.9 Å². The first kappa shape index (κ1) is 20.0. The fourth-order valence-electron chi connectivity index (χ4n) is 3.10. The topological polar surface area (TPSA) is 108 Å². The van der Waals surface area contributed by atoms with E-state index < -0.39 is 0 Å². The molecule has 0 bridgehead atoms. The summed E-state index contributed by atoms with van der Waals surface area (Å²) >= 11 is 2.73. The van der Waals surface area contributed by atoms with Crippen LogP contribution in [-0.4, -0.2) is 49.3 Å². The first-order valence-corrected chi connectivity index (χ1v) is 11.3. The summed E-state index contributed by atoms with van der Waals surface area (Å²) in [5.74, 6) is 1.56. The van der Waals surface area contributed by atoms with Crippen molar-refractivity contribution in [3.63, 3.8) is 0 Å². The van der Waals surface area contributed by atoms with Crippen LogP contribution in [0.25, 0.3) is 11.4 Å². The molecule has 154 valence electrons. The second kappa shape index (κ2) is 9.06. The van der Waals surface area contributed by atoms with E-state index in [0.29, 0.717) is 16.8 Å². The second-order valence-electron chi connectivity index (χ2n) is 6.63. The number of aryl methyl sites for hydroxylation is 2. The third kappa shape index (κ3) is 4.68. The maximum absolute atomic E-state index is 12.3. The Kier molecular flexibility index (Phi) is 6.26. The van der Waals surface area contributed by atoms with E-state index in [1.54, 1.807) is 6.26 Å². The van der Waals surface area contributed by atoms with Crippen LogP contribution in [0.2, 0.25) is 0 Å². The number of amides is 1. The highest BCUT2D eigenvalue weighted by molar-refractivity contribution is 7.99. The number of ether oxygens (including phenoxy) is 1. The number of aromatic nitrogens is 5. The van der Waals surface area contributed by atoms with E-state index in [1.807, 2.05) is 24.5 Å². The molecule has 1 atom stereocenters. The van der Waals surface area contributed by atoms with E-state index in [9.17, 15) is 4.79 Å². The van der Waals surface area contributed by atoms with Crippen molar-refractivity contribution in [2.24, 2.45) is 0 Å². The summed E-state index contributed by atoms with van der Waals surface area (Å²) in [6, 6.07) is 1.88. The van der Waals surface area contributed by atoms with Gasteiger partial charge in [-0.05, 0) is 32.3 Å². The number of nitrogens with zero attached hydrogens (tertiary/aromatic N) is 5. The zero-order chi connectivity index (χ0) is 20.2. The molecule has 9 nitrogen and oxygen atoms in total. The fraction of sp³-hybridized carbons (Fsp3) is 0.500. The molecular formula is C18H22N6O3S2. The molecular weight excluding hydrogens is 412 g/mol. The normalized spacial score (nSPS) is 16.4. The van der Waals surface area contributed by atoms with E-state index in [4.69, 9.17) is 9.15 Å². The number of anilines is 1. The van der Waals surface area contributed by atoms with Gasteiger partial charge in [-0.25, -0.2) is 0 Å². The lowest BCUT2D eigenvalue weighted by Crippen LogP contribution is -2.18. The SMILES string of the molecule is CCc1nnc(NC(=O)CSc2nnc(-c3ccoc3C)n2CC2CCCO2)s1. The average molecular weight is 435 g/mol. The number of nitrogens with one attached hydrogen (secondary N) is 1. The van der Waals surface area contributed by atoms with Gasteiger partial charge in [-0.1, -0.05) is 30.0 Å². The Morgan fingerprint density at radius 3 is 2.97 bits per heavy atom.